The molecule has 2 aromatic rings. The molecule has 0 unspecified atom stereocenters. The normalized spacial score (nSPS) is 14.8. The topological polar surface area (TPSA) is 91.4 Å². The van der Waals surface area contributed by atoms with Crippen LogP contribution < -0.4 is 10.6 Å². The van der Waals surface area contributed by atoms with Gasteiger partial charge in [-0.2, -0.15) is 0 Å². The Hall–Kier alpha value is -2.96. The number of hydrogen-bond acceptors (Lipinski definition) is 4. The number of nitrogens with one attached hydrogen (secondary N) is 2. The largest absolute Gasteiger partial charge is 0.325 e. The van der Waals surface area contributed by atoms with Crippen LogP contribution in [0, 0.1) is 0 Å². The van der Waals surface area contributed by atoms with Crippen molar-refractivity contribution < 1.29 is 14.4 Å². The highest BCUT2D eigenvalue weighted by molar-refractivity contribution is 6.00. The van der Waals surface area contributed by atoms with Crippen LogP contribution in [0.15, 0.2) is 36.5 Å². The Morgan fingerprint density at radius 2 is 2.18 bits per heavy atom. The molecule has 112 valence electrons. The van der Waals surface area contributed by atoms with Crippen LogP contribution in [-0.2, 0) is 9.59 Å². The SMILES string of the molecule is O=C1CCN(CC(=O)Nc2ccc3ncccc3c2)C(=O)N1. The number of amides is 4. The van der Waals surface area contributed by atoms with Gasteiger partial charge in [0.2, 0.25) is 11.8 Å². The number of aromatic nitrogens is 1. The summed E-state index contributed by atoms with van der Waals surface area (Å²) in [5.74, 6) is -0.628. The highest BCUT2D eigenvalue weighted by Gasteiger charge is 2.24. The van der Waals surface area contributed by atoms with Gasteiger partial charge in [0.05, 0.1) is 5.52 Å². The molecule has 4 amide bonds. The Kier molecular flexibility index (Phi) is 3.69. The number of urea groups is 1. The molecule has 2 N–H and O–H groups in total. The Labute approximate surface area is 126 Å². The summed E-state index contributed by atoms with van der Waals surface area (Å²) in [4.78, 5) is 40.2. The number of fused-ring (bicyclic) bond motifs is 1. The molecule has 2 heterocycles. The lowest BCUT2D eigenvalue weighted by atomic mass is 10.2. The maximum atomic E-state index is 12.0. The Morgan fingerprint density at radius 3 is 3.00 bits per heavy atom. The molecule has 1 fully saturated rings. The van der Waals surface area contributed by atoms with Gasteiger partial charge in [0.25, 0.3) is 0 Å². The van der Waals surface area contributed by atoms with Gasteiger partial charge in [0, 0.05) is 30.2 Å². The third-order valence-corrected chi connectivity index (χ3v) is 3.36. The number of rotatable bonds is 3. The molecule has 1 aliphatic rings. The van der Waals surface area contributed by atoms with E-state index in [2.05, 4.69) is 15.6 Å². The molecule has 0 atom stereocenters. The summed E-state index contributed by atoms with van der Waals surface area (Å²) in [6, 6.07) is 8.59. The molecule has 0 radical (unpaired) electrons. The van der Waals surface area contributed by atoms with Gasteiger partial charge in [-0.15, -0.1) is 0 Å². The van der Waals surface area contributed by atoms with Crippen LogP contribution in [-0.4, -0.2) is 40.8 Å². The summed E-state index contributed by atoms with van der Waals surface area (Å²) < 4.78 is 0. The van der Waals surface area contributed by atoms with Gasteiger partial charge in [0.15, 0.2) is 0 Å². The standard InChI is InChI=1S/C15H14N4O3/c20-13-5-7-19(15(22)18-13)9-14(21)17-11-3-4-12-10(8-11)2-1-6-16-12/h1-4,6,8H,5,7,9H2,(H,17,21)(H,18,20,22). The van der Waals surface area contributed by atoms with Crippen molar-refractivity contribution in [2.45, 2.75) is 6.42 Å². The fourth-order valence-electron chi connectivity index (χ4n) is 2.28. The van der Waals surface area contributed by atoms with Crippen LogP contribution in [0.1, 0.15) is 6.42 Å². The Bertz CT molecular complexity index is 759. The fourth-order valence-corrected chi connectivity index (χ4v) is 2.28. The molecule has 0 saturated carbocycles. The van der Waals surface area contributed by atoms with Gasteiger partial charge >= 0.3 is 6.03 Å². The summed E-state index contributed by atoms with van der Waals surface area (Å²) in [5, 5.41) is 5.84. The summed E-state index contributed by atoms with van der Waals surface area (Å²) >= 11 is 0. The van der Waals surface area contributed by atoms with Crippen LogP contribution in [0.4, 0.5) is 10.5 Å². The number of imide groups is 1. The van der Waals surface area contributed by atoms with Crippen molar-refractivity contribution in [3.8, 4) is 0 Å². The number of benzene rings is 1. The maximum Gasteiger partial charge on any atom is 0.324 e. The van der Waals surface area contributed by atoms with Crippen LogP contribution in [0.25, 0.3) is 10.9 Å². The number of hydrogen-bond donors (Lipinski definition) is 2. The average molecular weight is 298 g/mol. The smallest absolute Gasteiger partial charge is 0.324 e. The molecule has 0 bridgehead atoms. The maximum absolute atomic E-state index is 12.0. The van der Waals surface area contributed by atoms with Crippen molar-refractivity contribution >= 4 is 34.4 Å². The molecule has 0 aliphatic carbocycles. The van der Waals surface area contributed by atoms with Crippen molar-refractivity contribution in [1.82, 2.24) is 15.2 Å². The van der Waals surface area contributed by atoms with Gasteiger partial charge < -0.3 is 10.2 Å². The Morgan fingerprint density at radius 1 is 1.32 bits per heavy atom. The number of pyridine rings is 1. The number of anilines is 1. The molecule has 22 heavy (non-hydrogen) atoms. The van der Waals surface area contributed by atoms with E-state index in [1.54, 1.807) is 12.3 Å². The van der Waals surface area contributed by atoms with Gasteiger partial charge in [-0.1, -0.05) is 6.07 Å². The summed E-state index contributed by atoms with van der Waals surface area (Å²) in [7, 11) is 0. The summed E-state index contributed by atoms with van der Waals surface area (Å²) in [6.07, 6.45) is 1.91. The van der Waals surface area contributed by atoms with Gasteiger partial charge in [0.1, 0.15) is 6.54 Å². The minimum atomic E-state index is -0.533. The number of carbonyl (C=O) groups is 3. The minimum absolute atomic E-state index is 0.0931. The zero-order valence-electron chi connectivity index (χ0n) is 11.7. The van der Waals surface area contributed by atoms with E-state index in [1.165, 1.54) is 4.90 Å². The van der Waals surface area contributed by atoms with Crippen LogP contribution in [0.2, 0.25) is 0 Å². The van der Waals surface area contributed by atoms with E-state index in [1.807, 2.05) is 24.3 Å². The average Bonchev–Trinajstić information content (AvgIpc) is 2.50. The van der Waals surface area contributed by atoms with Crippen molar-refractivity contribution in [2.24, 2.45) is 0 Å². The van der Waals surface area contributed by atoms with E-state index in [-0.39, 0.29) is 31.3 Å². The van der Waals surface area contributed by atoms with Crippen molar-refractivity contribution in [3.05, 3.63) is 36.5 Å². The van der Waals surface area contributed by atoms with E-state index >= 15 is 0 Å². The van der Waals surface area contributed by atoms with Crippen LogP contribution in [0.5, 0.6) is 0 Å². The van der Waals surface area contributed by atoms with Crippen LogP contribution in [0.3, 0.4) is 0 Å². The highest BCUT2D eigenvalue weighted by atomic mass is 16.2. The van der Waals surface area contributed by atoms with E-state index in [9.17, 15) is 14.4 Å². The van der Waals surface area contributed by atoms with E-state index in [0.717, 1.165) is 10.9 Å². The highest BCUT2D eigenvalue weighted by Crippen LogP contribution is 2.17. The quantitative estimate of drug-likeness (QED) is 0.888. The van der Waals surface area contributed by atoms with E-state index in [4.69, 9.17) is 0 Å². The number of carbonyl (C=O) groups excluding carboxylic acids is 3. The minimum Gasteiger partial charge on any atom is -0.325 e. The zero-order valence-corrected chi connectivity index (χ0v) is 11.7. The third-order valence-electron chi connectivity index (χ3n) is 3.36. The van der Waals surface area contributed by atoms with E-state index < -0.39 is 6.03 Å². The van der Waals surface area contributed by atoms with Crippen molar-refractivity contribution in [1.29, 1.82) is 0 Å². The number of nitrogens with zero attached hydrogens (tertiary/aromatic N) is 2. The predicted octanol–water partition coefficient (Wildman–Crippen LogP) is 1.12. The summed E-state index contributed by atoms with van der Waals surface area (Å²) in [6.45, 7) is 0.157. The second-order valence-electron chi connectivity index (χ2n) is 4.98. The molecule has 1 saturated heterocycles. The van der Waals surface area contributed by atoms with Gasteiger partial charge in [-0.3, -0.25) is 19.9 Å². The first-order chi connectivity index (χ1) is 10.6. The second kappa shape index (κ2) is 5.80. The lowest BCUT2D eigenvalue weighted by molar-refractivity contribution is -0.123. The molecule has 1 aromatic carbocycles. The fraction of sp³-hybridized carbons (Fsp3) is 0.200. The molecule has 7 heteroatoms. The first-order valence-electron chi connectivity index (χ1n) is 6.85. The lowest BCUT2D eigenvalue weighted by Gasteiger charge is -2.25. The molecule has 3 rings (SSSR count). The van der Waals surface area contributed by atoms with E-state index in [0.29, 0.717) is 5.69 Å². The van der Waals surface area contributed by atoms with Crippen LogP contribution >= 0.6 is 0 Å². The third kappa shape index (κ3) is 3.03. The van der Waals surface area contributed by atoms with Gasteiger partial charge in [-0.05, 0) is 24.3 Å². The molecule has 1 aromatic heterocycles. The molecule has 0 spiro atoms. The molecular formula is C15H14N4O3. The monoisotopic (exact) mass is 298 g/mol. The lowest BCUT2D eigenvalue weighted by Crippen LogP contribution is -2.51. The predicted molar refractivity (Wildman–Crippen MR) is 80.1 cm³/mol. The molecule has 7 nitrogen and oxygen atoms in total. The van der Waals surface area contributed by atoms with Crippen molar-refractivity contribution in [2.75, 3.05) is 18.4 Å². The second-order valence-corrected chi connectivity index (χ2v) is 4.98. The Balaban J connectivity index is 1.65. The van der Waals surface area contributed by atoms with Gasteiger partial charge in [-0.25, -0.2) is 4.79 Å². The first kappa shape index (κ1) is 14.0. The summed E-state index contributed by atoms with van der Waals surface area (Å²) in [5.41, 5.74) is 1.48. The first-order valence-corrected chi connectivity index (χ1v) is 6.85. The molecular weight excluding hydrogens is 284 g/mol. The zero-order chi connectivity index (χ0) is 15.5. The molecule has 1 aliphatic heterocycles. The van der Waals surface area contributed by atoms with Crippen molar-refractivity contribution in [3.63, 3.8) is 0 Å².